The Morgan fingerprint density at radius 1 is 1.33 bits per heavy atom. The Morgan fingerprint density at radius 3 is 2.93 bits per heavy atom. The molecule has 4 aromatic rings. The standard InChI is InChI=1S/C20H13FN4O2/c21-14-5-6-16-17(8-14)24-20(23-16)12(9-22)7-13-10-25(11-19(26)27)18-4-2-1-3-15(13)18/h1-8,10H,11H2,(H,23,24)(H,26,27)/b12-7-. The summed E-state index contributed by atoms with van der Waals surface area (Å²) < 4.78 is 15.0. The number of aliphatic carboxylic acids is 1. The third-order valence-corrected chi connectivity index (χ3v) is 4.24. The van der Waals surface area contributed by atoms with Gasteiger partial charge in [-0.2, -0.15) is 5.26 Å². The van der Waals surface area contributed by atoms with Crippen molar-refractivity contribution < 1.29 is 14.3 Å². The Kier molecular flexibility index (Phi) is 3.94. The molecule has 0 saturated heterocycles. The maximum Gasteiger partial charge on any atom is 0.323 e. The fourth-order valence-corrected chi connectivity index (χ4v) is 3.09. The number of nitrogens with zero attached hydrogens (tertiary/aromatic N) is 3. The number of carboxylic acids is 1. The Balaban J connectivity index is 1.85. The monoisotopic (exact) mass is 360 g/mol. The molecule has 27 heavy (non-hydrogen) atoms. The van der Waals surface area contributed by atoms with Gasteiger partial charge in [0.15, 0.2) is 0 Å². The van der Waals surface area contributed by atoms with Crippen LogP contribution in [0.15, 0.2) is 48.7 Å². The Morgan fingerprint density at radius 2 is 2.15 bits per heavy atom. The van der Waals surface area contributed by atoms with Crippen LogP contribution in [-0.2, 0) is 11.3 Å². The number of nitriles is 1. The van der Waals surface area contributed by atoms with E-state index in [1.165, 1.54) is 12.1 Å². The molecule has 0 saturated carbocycles. The third kappa shape index (κ3) is 3.04. The van der Waals surface area contributed by atoms with E-state index in [2.05, 4.69) is 16.0 Å². The van der Waals surface area contributed by atoms with Gasteiger partial charge < -0.3 is 14.7 Å². The first-order valence-corrected chi connectivity index (χ1v) is 8.12. The van der Waals surface area contributed by atoms with Crippen LogP contribution in [0.25, 0.3) is 33.6 Å². The minimum absolute atomic E-state index is 0.180. The molecule has 0 fully saturated rings. The zero-order chi connectivity index (χ0) is 19.0. The van der Waals surface area contributed by atoms with Gasteiger partial charge in [-0.1, -0.05) is 18.2 Å². The average Bonchev–Trinajstić information content (AvgIpc) is 3.20. The number of imidazole rings is 1. The lowest BCUT2D eigenvalue weighted by molar-refractivity contribution is -0.137. The molecule has 0 spiro atoms. The van der Waals surface area contributed by atoms with E-state index in [1.807, 2.05) is 24.3 Å². The molecule has 2 aromatic heterocycles. The van der Waals surface area contributed by atoms with E-state index in [4.69, 9.17) is 5.11 Å². The van der Waals surface area contributed by atoms with E-state index in [1.54, 1.807) is 22.9 Å². The number of halogens is 1. The second kappa shape index (κ2) is 6.42. The smallest absolute Gasteiger partial charge is 0.323 e. The van der Waals surface area contributed by atoms with Crippen LogP contribution < -0.4 is 0 Å². The van der Waals surface area contributed by atoms with Crippen LogP contribution >= 0.6 is 0 Å². The molecule has 0 atom stereocenters. The molecule has 0 aliphatic rings. The predicted octanol–water partition coefficient (Wildman–Crippen LogP) is 3.81. The number of H-pyrrole nitrogens is 1. The Bertz CT molecular complexity index is 1260. The number of fused-ring (bicyclic) bond motifs is 2. The van der Waals surface area contributed by atoms with Gasteiger partial charge in [-0.25, -0.2) is 9.37 Å². The molecule has 0 unspecified atom stereocenters. The van der Waals surface area contributed by atoms with Crippen molar-refractivity contribution in [2.24, 2.45) is 0 Å². The van der Waals surface area contributed by atoms with Crippen LogP contribution in [0.1, 0.15) is 11.4 Å². The summed E-state index contributed by atoms with van der Waals surface area (Å²) >= 11 is 0. The van der Waals surface area contributed by atoms with Crippen molar-refractivity contribution in [2.45, 2.75) is 6.54 Å². The molecule has 2 aromatic carbocycles. The second-order valence-corrected chi connectivity index (χ2v) is 6.04. The minimum Gasteiger partial charge on any atom is -0.480 e. The number of hydrogen-bond acceptors (Lipinski definition) is 3. The van der Waals surface area contributed by atoms with Gasteiger partial charge in [0.2, 0.25) is 0 Å². The number of nitrogens with one attached hydrogen (secondary N) is 1. The first kappa shape index (κ1) is 16.5. The van der Waals surface area contributed by atoms with Gasteiger partial charge in [0.25, 0.3) is 0 Å². The van der Waals surface area contributed by atoms with Crippen LogP contribution in [0.4, 0.5) is 4.39 Å². The first-order valence-electron chi connectivity index (χ1n) is 8.12. The molecule has 6 nitrogen and oxygen atoms in total. The number of para-hydroxylation sites is 1. The normalized spacial score (nSPS) is 11.8. The summed E-state index contributed by atoms with van der Waals surface area (Å²) in [7, 11) is 0. The zero-order valence-corrected chi connectivity index (χ0v) is 14.0. The molecule has 4 rings (SSSR count). The molecule has 0 aliphatic heterocycles. The van der Waals surface area contributed by atoms with E-state index in [-0.39, 0.29) is 12.1 Å². The van der Waals surface area contributed by atoms with E-state index in [0.717, 1.165) is 10.9 Å². The van der Waals surface area contributed by atoms with Gasteiger partial charge in [0.1, 0.15) is 24.3 Å². The van der Waals surface area contributed by atoms with Crippen LogP contribution in [-0.4, -0.2) is 25.6 Å². The van der Waals surface area contributed by atoms with Gasteiger partial charge in [-0.3, -0.25) is 4.79 Å². The molecule has 0 bridgehead atoms. The van der Waals surface area contributed by atoms with Gasteiger partial charge in [-0.05, 0) is 30.3 Å². The summed E-state index contributed by atoms with van der Waals surface area (Å²) in [6, 6.07) is 13.6. The summed E-state index contributed by atoms with van der Waals surface area (Å²) in [6.07, 6.45) is 3.34. The van der Waals surface area contributed by atoms with Crippen LogP contribution in [0.2, 0.25) is 0 Å². The number of aromatic amines is 1. The van der Waals surface area contributed by atoms with Crippen molar-refractivity contribution in [3.63, 3.8) is 0 Å². The van der Waals surface area contributed by atoms with Crippen molar-refractivity contribution in [1.82, 2.24) is 14.5 Å². The van der Waals surface area contributed by atoms with Crippen molar-refractivity contribution in [2.75, 3.05) is 0 Å². The summed E-state index contributed by atoms with van der Waals surface area (Å²) in [6.45, 7) is -0.180. The van der Waals surface area contributed by atoms with E-state index >= 15 is 0 Å². The maximum absolute atomic E-state index is 13.4. The van der Waals surface area contributed by atoms with Gasteiger partial charge in [0.05, 0.1) is 16.6 Å². The van der Waals surface area contributed by atoms with Crippen molar-refractivity contribution in [1.29, 1.82) is 5.26 Å². The van der Waals surface area contributed by atoms with Crippen LogP contribution in [0.5, 0.6) is 0 Å². The summed E-state index contributed by atoms with van der Waals surface area (Å²) in [4.78, 5) is 18.4. The largest absolute Gasteiger partial charge is 0.480 e. The summed E-state index contributed by atoms with van der Waals surface area (Å²) in [5.74, 6) is -1.02. The number of rotatable bonds is 4. The molecule has 0 radical (unpaired) electrons. The maximum atomic E-state index is 13.4. The lowest BCUT2D eigenvalue weighted by Crippen LogP contribution is -2.07. The molecule has 0 amide bonds. The SMILES string of the molecule is N#C/C(=C/c1cn(CC(=O)O)c2ccccc12)c1nc2ccc(F)cc2[nH]1. The molecular weight excluding hydrogens is 347 g/mol. The number of carboxylic acid groups (broad SMARTS) is 1. The second-order valence-electron chi connectivity index (χ2n) is 6.04. The highest BCUT2D eigenvalue weighted by atomic mass is 19.1. The Labute approximate surface area is 152 Å². The number of benzene rings is 2. The van der Waals surface area contributed by atoms with E-state index in [0.29, 0.717) is 22.4 Å². The number of hydrogen-bond donors (Lipinski definition) is 2. The van der Waals surface area contributed by atoms with Crippen molar-refractivity contribution in [3.05, 3.63) is 65.9 Å². The lowest BCUT2D eigenvalue weighted by atomic mass is 10.1. The van der Waals surface area contributed by atoms with Crippen molar-refractivity contribution >= 4 is 39.6 Å². The number of carbonyl (C=O) groups is 1. The number of allylic oxidation sites excluding steroid dienone is 1. The molecule has 7 heteroatoms. The summed E-state index contributed by atoms with van der Waals surface area (Å²) in [5, 5.41) is 19.5. The highest BCUT2D eigenvalue weighted by Crippen LogP contribution is 2.26. The third-order valence-electron chi connectivity index (χ3n) is 4.24. The number of aromatic nitrogens is 3. The van der Waals surface area contributed by atoms with E-state index < -0.39 is 11.8 Å². The molecule has 2 N–H and O–H groups in total. The minimum atomic E-state index is -0.953. The van der Waals surface area contributed by atoms with E-state index in [9.17, 15) is 14.4 Å². The molecule has 2 heterocycles. The van der Waals surface area contributed by atoms with Crippen LogP contribution in [0.3, 0.4) is 0 Å². The molecule has 132 valence electrons. The van der Waals surface area contributed by atoms with Gasteiger partial charge in [0, 0.05) is 22.7 Å². The first-order chi connectivity index (χ1) is 13.0. The zero-order valence-electron chi connectivity index (χ0n) is 14.0. The lowest BCUT2D eigenvalue weighted by Gasteiger charge is -1.99. The average molecular weight is 360 g/mol. The van der Waals surface area contributed by atoms with Crippen LogP contribution in [0, 0.1) is 17.1 Å². The quantitative estimate of drug-likeness (QED) is 0.541. The highest BCUT2D eigenvalue weighted by molar-refractivity contribution is 5.98. The topological polar surface area (TPSA) is 94.7 Å². The Hall–Kier alpha value is -3.92. The molecular formula is C20H13FN4O2. The fourth-order valence-electron chi connectivity index (χ4n) is 3.09. The van der Waals surface area contributed by atoms with Crippen molar-refractivity contribution in [3.8, 4) is 6.07 Å². The van der Waals surface area contributed by atoms with Gasteiger partial charge in [-0.15, -0.1) is 0 Å². The van der Waals surface area contributed by atoms with Gasteiger partial charge >= 0.3 is 5.97 Å². The predicted molar refractivity (Wildman–Crippen MR) is 99.1 cm³/mol. The highest BCUT2D eigenvalue weighted by Gasteiger charge is 2.13. The fraction of sp³-hybridized carbons (Fsp3) is 0.0500. The summed E-state index contributed by atoms with van der Waals surface area (Å²) in [5.41, 5.74) is 2.79. The molecule has 0 aliphatic carbocycles.